The van der Waals surface area contributed by atoms with E-state index in [1.165, 1.54) is 0 Å². The molecule has 0 radical (unpaired) electrons. The summed E-state index contributed by atoms with van der Waals surface area (Å²) in [7, 11) is 3.36. The van der Waals surface area contributed by atoms with Crippen LogP contribution in [0.2, 0.25) is 5.15 Å². The molecular formula is C10H14ClN3O2. The number of anilines is 1. The summed E-state index contributed by atoms with van der Waals surface area (Å²) in [5.41, 5.74) is 0. The molecule has 5 nitrogen and oxygen atoms in total. The minimum Gasteiger partial charge on any atom is -0.377 e. The zero-order chi connectivity index (χ0) is 11.5. The number of hydrogen-bond acceptors (Lipinski definition) is 5. The molecule has 2 rings (SSSR count). The van der Waals surface area contributed by atoms with Gasteiger partial charge in [0.2, 0.25) is 0 Å². The third kappa shape index (κ3) is 2.11. The molecular weight excluding hydrogens is 230 g/mol. The van der Waals surface area contributed by atoms with Crippen LogP contribution in [-0.2, 0) is 9.47 Å². The maximum absolute atomic E-state index is 5.99. The van der Waals surface area contributed by atoms with Gasteiger partial charge in [-0.15, -0.1) is 0 Å². The second-order valence-electron chi connectivity index (χ2n) is 3.62. The smallest absolute Gasteiger partial charge is 0.171 e. The first-order valence-corrected chi connectivity index (χ1v) is 5.41. The number of halogens is 1. The molecule has 88 valence electrons. The highest BCUT2D eigenvalue weighted by Gasteiger charge is 2.34. The quantitative estimate of drug-likeness (QED) is 0.792. The van der Waals surface area contributed by atoms with Crippen molar-refractivity contribution < 1.29 is 9.47 Å². The molecule has 0 aliphatic carbocycles. The average Bonchev–Trinajstić information content (AvgIpc) is 2.72. The van der Waals surface area contributed by atoms with Gasteiger partial charge < -0.3 is 14.4 Å². The highest BCUT2D eigenvalue weighted by molar-refractivity contribution is 6.31. The fourth-order valence-electron chi connectivity index (χ4n) is 1.90. The second-order valence-corrected chi connectivity index (χ2v) is 3.98. The van der Waals surface area contributed by atoms with Gasteiger partial charge in [-0.2, -0.15) is 0 Å². The summed E-state index contributed by atoms with van der Waals surface area (Å²) in [6.07, 6.45) is 3.29. The average molecular weight is 244 g/mol. The first kappa shape index (κ1) is 11.6. The van der Waals surface area contributed by atoms with Crippen LogP contribution in [-0.4, -0.2) is 49.5 Å². The molecule has 1 fully saturated rings. The predicted molar refractivity (Wildman–Crippen MR) is 60.8 cm³/mol. The fourth-order valence-corrected chi connectivity index (χ4v) is 2.12. The molecule has 2 heterocycles. The highest BCUT2D eigenvalue weighted by atomic mass is 35.5. The molecule has 0 N–H and O–H groups in total. The third-order valence-electron chi connectivity index (χ3n) is 2.76. The van der Waals surface area contributed by atoms with Gasteiger partial charge in [0.15, 0.2) is 11.0 Å². The number of methoxy groups -OCH3 is 2. The summed E-state index contributed by atoms with van der Waals surface area (Å²) < 4.78 is 10.7. The zero-order valence-electron chi connectivity index (χ0n) is 9.26. The summed E-state index contributed by atoms with van der Waals surface area (Å²) in [6, 6.07) is 0. The topological polar surface area (TPSA) is 47.5 Å². The Labute approximate surface area is 99.3 Å². The maximum atomic E-state index is 5.99. The molecule has 6 heteroatoms. The predicted octanol–water partition coefficient (Wildman–Crippen LogP) is 0.980. The lowest BCUT2D eigenvalue weighted by atomic mass is 10.3. The van der Waals surface area contributed by atoms with Crippen LogP contribution >= 0.6 is 11.6 Å². The number of nitrogens with zero attached hydrogens (tertiary/aromatic N) is 3. The SMILES string of the molecule is COC1CN(c2nccnc2Cl)CC1OC. The number of hydrogen-bond donors (Lipinski definition) is 0. The largest absolute Gasteiger partial charge is 0.377 e. The van der Waals surface area contributed by atoms with Crippen molar-refractivity contribution in [2.45, 2.75) is 12.2 Å². The lowest BCUT2D eigenvalue weighted by Crippen LogP contribution is -2.27. The van der Waals surface area contributed by atoms with Gasteiger partial charge in [-0.1, -0.05) is 11.6 Å². The van der Waals surface area contributed by atoms with Gasteiger partial charge in [-0.25, -0.2) is 9.97 Å². The van der Waals surface area contributed by atoms with Crippen molar-refractivity contribution in [1.82, 2.24) is 9.97 Å². The van der Waals surface area contributed by atoms with Gasteiger partial charge >= 0.3 is 0 Å². The van der Waals surface area contributed by atoms with E-state index in [-0.39, 0.29) is 12.2 Å². The van der Waals surface area contributed by atoms with E-state index in [2.05, 4.69) is 9.97 Å². The molecule has 1 aliphatic rings. The van der Waals surface area contributed by atoms with Crippen LogP contribution in [0.4, 0.5) is 5.82 Å². The van der Waals surface area contributed by atoms with Gasteiger partial charge in [0.25, 0.3) is 0 Å². The standard InChI is InChI=1S/C10H14ClN3O2/c1-15-7-5-14(6-8(7)16-2)10-9(11)12-3-4-13-10/h3-4,7-8H,5-6H2,1-2H3. The van der Waals surface area contributed by atoms with Gasteiger partial charge in [0, 0.05) is 39.7 Å². The van der Waals surface area contributed by atoms with Crippen LogP contribution in [0, 0.1) is 0 Å². The van der Waals surface area contributed by atoms with E-state index in [0.717, 1.165) is 0 Å². The molecule has 1 saturated heterocycles. The van der Waals surface area contributed by atoms with E-state index in [1.54, 1.807) is 26.6 Å². The summed E-state index contributed by atoms with van der Waals surface area (Å²) in [6.45, 7) is 1.43. The Morgan fingerprint density at radius 2 is 1.75 bits per heavy atom. The Hall–Kier alpha value is -0.910. The molecule has 2 unspecified atom stereocenters. The lowest BCUT2D eigenvalue weighted by molar-refractivity contribution is -0.00461. The summed E-state index contributed by atoms with van der Waals surface area (Å²) in [5, 5.41) is 0.411. The molecule has 2 atom stereocenters. The molecule has 1 aromatic heterocycles. The summed E-state index contributed by atoms with van der Waals surface area (Å²) in [5.74, 6) is 0.686. The van der Waals surface area contributed by atoms with E-state index < -0.39 is 0 Å². The van der Waals surface area contributed by atoms with Crippen LogP contribution in [0.1, 0.15) is 0 Å². The van der Waals surface area contributed by atoms with Gasteiger partial charge in [-0.05, 0) is 0 Å². The van der Waals surface area contributed by atoms with Gasteiger partial charge in [0.05, 0.1) is 0 Å². The van der Waals surface area contributed by atoms with Crippen molar-refractivity contribution in [3.05, 3.63) is 17.5 Å². The molecule has 0 saturated carbocycles. The summed E-state index contributed by atoms with van der Waals surface area (Å²) >= 11 is 5.99. The van der Waals surface area contributed by atoms with Crippen molar-refractivity contribution in [3.8, 4) is 0 Å². The number of aromatic nitrogens is 2. The monoisotopic (exact) mass is 243 g/mol. The van der Waals surface area contributed by atoms with Crippen LogP contribution in [0.25, 0.3) is 0 Å². The van der Waals surface area contributed by atoms with E-state index in [1.807, 2.05) is 4.90 Å². The number of ether oxygens (including phenoxy) is 2. The minimum absolute atomic E-state index is 0.0445. The Kier molecular flexibility index (Phi) is 3.58. The van der Waals surface area contributed by atoms with Crippen LogP contribution in [0.15, 0.2) is 12.4 Å². The molecule has 1 aliphatic heterocycles. The van der Waals surface area contributed by atoms with Crippen LogP contribution in [0.3, 0.4) is 0 Å². The fraction of sp³-hybridized carbons (Fsp3) is 0.600. The molecule has 0 amide bonds. The Morgan fingerprint density at radius 3 is 2.25 bits per heavy atom. The Balaban J connectivity index is 2.16. The minimum atomic E-state index is 0.0445. The zero-order valence-corrected chi connectivity index (χ0v) is 10.0. The Bertz CT molecular complexity index is 352. The molecule has 0 spiro atoms. The van der Waals surface area contributed by atoms with E-state index in [9.17, 15) is 0 Å². The normalized spacial score (nSPS) is 25.1. The first-order valence-electron chi connectivity index (χ1n) is 5.03. The van der Waals surface area contributed by atoms with Gasteiger partial charge in [-0.3, -0.25) is 0 Å². The van der Waals surface area contributed by atoms with E-state index >= 15 is 0 Å². The van der Waals surface area contributed by atoms with E-state index in [0.29, 0.717) is 24.1 Å². The van der Waals surface area contributed by atoms with Crippen molar-refractivity contribution >= 4 is 17.4 Å². The van der Waals surface area contributed by atoms with E-state index in [4.69, 9.17) is 21.1 Å². The molecule has 16 heavy (non-hydrogen) atoms. The summed E-state index contributed by atoms with van der Waals surface area (Å²) in [4.78, 5) is 10.2. The molecule has 0 aromatic carbocycles. The van der Waals surface area contributed by atoms with Gasteiger partial charge in [0.1, 0.15) is 12.2 Å². The second kappa shape index (κ2) is 4.95. The van der Waals surface area contributed by atoms with Crippen LogP contribution in [0.5, 0.6) is 0 Å². The first-order chi connectivity index (χ1) is 7.76. The number of rotatable bonds is 3. The highest BCUT2D eigenvalue weighted by Crippen LogP contribution is 2.25. The maximum Gasteiger partial charge on any atom is 0.171 e. The van der Waals surface area contributed by atoms with Crippen molar-refractivity contribution in [1.29, 1.82) is 0 Å². The van der Waals surface area contributed by atoms with Crippen molar-refractivity contribution in [3.63, 3.8) is 0 Å². The van der Waals surface area contributed by atoms with Crippen molar-refractivity contribution in [2.24, 2.45) is 0 Å². The lowest BCUT2D eigenvalue weighted by Gasteiger charge is -2.16. The van der Waals surface area contributed by atoms with Crippen molar-refractivity contribution in [2.75, 3.05) is 32.2 Å². The third-order valence-corrected chi connectivity index (χ3v) is 3.02. The molecule has 0 bridgehead atoms. The van der Waals surface area contributed by atoms with Crippen LogP contribution < -0.4 is 4.90 Å². The Morgan fingerprint density at radius 1 is 1.19 bits per heavy atom. The molecule has 1 aromatic rings.